The zero-order valence-electron chi connectivity index (χ0n) is 13.9. The van der Waals surface area contributed by atoms with E-state index in [1.165, 1.54) is 16.7 Å². The number of nitrogens with zero attached hydrogens (tertiary/aromatic N) is 1. The highest BCUT2D eigenvalue weighted by Crippen LogP contribution is 2.37. The summed E-state index contributed by atoms with van der Waals surface area (Å²) >= 11 is 0. The quantitative estimate of drug-likeness (QED) is 0.815. The van der Waals surface area contributed by atoms with Crippen LogP contribution in [-0.2, 0) is 11.0 Å². The Morgan fingerprint density at radius 1 is 1.19 bits per heavy atom. The number of rotatable bonds is 4. The first-order chi connectivity index (χ1) is 9.71. The lowest BCUT2D eigenvalue weighted by Crippen LogP contribution is -2.40. The summed E-state index contributed by atoms with van der Waals surface area (Å²) in [5.41, 5.74) is 4.71. The minimum atomic E-state index is -1.74. The van der Waals surface area contributed by atoms with E-state index < -0.39 is 8.32 Å². The molecule has 0 spiro atoms. The maximum Gasteiger partial charge on any atom is 0.192 e. The first kappa shape index (κ1) is 16.0. The zero-order chi connectivity index (χ0) is 15.7. The molecule has 0 amide bonds. The van der Waals surface area contributed by atoms with Crippen LogP contribution in [0.4, 0.5) is 0 Å². The van der Waals surface area contributed by atoms with Gasteiger partial charge in [0, 0.05) is 11.8 Å². The van der Waals surface area contributed by atoms with Crippen LogP contribution in [-0.4, -0.2) is 18.5 Å². The first-order valence-corrected chi connectivity index (χ1v) is 10.3. The highest BCUT2D eigenvalue weighted by Gasteiger charge is 2.37. The van der Waals surface area contributed by atoms with E-state index in [0.717, 1.165) is 5.69 Å². The van der Waals surface area contributed by atoms with Crippen LogP contribution in [0, 0.1) is 6.92 Å². The number of nitrogens with one attached hydrogen (secondary N) is 1. The molecule has 0 fully saturated rings. The predicted octanol–water partition coefficient (Wildman–Crippen LogP) is 4.91. The van der Waals surface area contributed by atoms with E-state index >= 15 is 0 Å². The largest absolute Gasteiger partial charge is 0.413 e. The van der Waals surface area contributed by atoms with Crippen LogP contribution in [0.25, 0.3) is 11.3 Å². The van der Waals surface area contributed by atoms with Crippen LogP contribution >= 0.6 is 0 Å². The van der Waals surface area contributed by atoms with Crippen LogP contribution in [0.2, 0.25) is 18.1 Å². The Balaban J connectivity index is 2.26. The number of hydrogen-bond donors (Lipinski definition) is 1. The van der Waals surface area contributed by atoms with Gasteiger partial charge >= 0.3 is 0 Å². The van der Waals surface area contributed by atoms with Crippen LogP contribution < -0.4 is 0 Å². The van der Waals surface area contributed by atoms with Gasteiger partial charge in [0.15, 0.2) is 8.32 Å². The van der Waals surface area contributed by atoms with E-state index in [4.69, 9.17) is 4.43 Å². The molecule has 0 radical (unpaired) electrons. The molecule has 0 aliphatic heterocycles. The molecule has 0 atom stereocenters. The van der Waals surface area contributed by atoms with E-state index in [9.17, 15) is 0 Å². The molecular formula is C17H26N2OSi. The van der Waals surface area contributed by atoms with Gasteiger partial charge in [0.25, 0.3) is 0 Å². The second-order valence-corrected chi connectivity index (χ2v) is 12.0. The van der Waals surface area contributed by atoms with E-state index in [1.54, 1.807) is 6.20 Å². The second kappa shape index (κ2) is 5.77. The van der Waals surface area contributed by atoms with Gasteiger partial charge in [-0.1, -0.05) is 44.5 Å². The maximum absolute atomic E-state index is 6.38. The normalized spacial score (nSPS) is 12.7. The predicted molar refractivity (Wildman–Crippen MR) is 90.7 cm³/mol. The molecule has 1 heterocycles. The van der Waals surface area contributed by atoms with Gasteiger partial charge in [-0.15, -0.1) is 0 Å². The summed E-state index contributed by atoms with van der Waals surface area (Å²) in [7, 11) is -1.74. The summed E-state index contributed by atoms with van der Waals surface area (Å²) in [5, 5.41) is 7.33. The topological polar surface area (TPSA) is 37.9 Å². The molecule has 0 unspecified atom stereocenters. The van der Waals surface area contributed by atoms with Gasteiger partial charge in [0.2, 0.25) is 0 Å². The van der Waals surface area contributed by atoms with Gasteiger partial charge in [-0.25, -0.2) is 0 Å². The fourth-order valence-corrected chi connectivity index (χ4v) is 2.93. The minimum absolute atomic E-state index is 0.227. The van der Waals surface area contributed by atoms with Gasteiger partial charge in [-0.3, -0.25) is 5.10 Å². The van der Waals surface area contributed by atoms with Gasteiger partial charge in [0.05, 0.1) is 12.3 Å². The molecule has 0 bridgehead atoms. The molecule has 1 N–H and O–H groups in total. The Labute approximate surface area is 128 Å². The summed E-state index contributed by atoms with van der Waals surface area (Å²) in [6.07, 6.45) is 1.79. The molecule has 21 heavy (non-hydrogen) atoms. The monoisotopic (exact) mass is 302 g/mol. The Hall–Kier alpha value is -1.39. The summed E-state index contributed by atoms with van der Waals surface area (Å²) < 4.78 is 6.38. The van der Waals surface area contributed by atoms with Crippen LogP contribution in [0.3, 0.4) is 0 Å². The number of aromatic nitrogens is 2. The van der Waals surface area contributed by atoms with Gasteiger partial charge in [-0.05, 0) is 36.7 Å². The number of benzene rings is 1. The zero-order valence-corrected chi connectivity index (χ0v) is 14.9. The Morgan fingerprint density at radius 2 is 1.90 bits per heavy atom. The van der Waals surface area contributed by atoms with E-state index in [-0.39, 0.29) is 5.04 Å². The fraction of sp³-hybridized carbons (Fsp3) is 0.471. The number of H-pyrrole nitrogens is 1. The van der Waals surface area contributed by atoms with Crippen LogP contribution in [0.15, 0.2) is 30.5 Å². The molecule has 2 aromatic rings. The molecule has 0 aliphatic rings. The average molecular weight is 302 g/mol. The summed E-state index contributed by atoms with van der Waals surface area (Å²) in [4.78, 5) is 0. The summed E-state index contributed by atoms with van der Waals surface area (Å²) in [5.74, 6) is 0. The van der Waals surface area contributed by atoms with E-state index in [0.29, 0.717) is 6.61 Å². The van der Waals surface area contributed by atoms with Crippen molar-refractivity contribution in [3.63, 3.8) is 0 Å². The highest BCUT2D eigenvalue weighted by molar-refractivity contribution is 6.74. The second-order valence-electron chi connectivity index (χ2n) is 7.18. The molecule has 3 nitrogen and oxygen atoms in total. The Morgan fingerprint density at radius 3 is 2.48 bits per heavy atom. The van der Waals surface area contributed by atoms with Crippen molar-refractivity contribution in [1.82, 2.24) is 10.2 Å². The highest BCUT2D eigenvalue weighted by atomic mass is 28.4. The van der Waals surface area contributed by atoms with Crippen molar-refractivity contribution in [2.45, 2.75) is 52.4 Å². The van der Waals surface area contributed by atoms with Crippen molar-refractivity contribution in [2.75, 3.05) is 0 Å². The third-order valence-corrected chi connectivity index (χ3v) is 8.92. The average Bonchev–Trinajstić information content (AvgIpc) is 2.89. The standard InChI is InChI=1S/C17H26N2OSi/c1-13-7-8-15(16-9-10-18-19-16)14(11-13)12-20-21(5,6)17(2,3)4/h7-11H,12H2,1-6H3,(H,18,19). The summed E-state index contributed by atoms with van der Waals surface area (Å²) in [6, 6.07) is 8.49. The van der Waals surface area contributed by atoms with Crippen molar-refractivity contribution >= 4 is 8.32 Å². The van der Waals surface area contributed by atoms with Crippen molar-refractivity contribution in [3.8, 4) is 11.3 Å². The van der Waals surface area contributed by atoms with Gasteiger partial charge < -0.3 is 4.43 Å². The van der Waals surface area contributed by atoms with Gasteiger partial charge in [0.1, 0.15) is 0 Å². The Kier molecular flexibility index (Phi) is 4.40. The van der Waals surface area contributed by atoms with Crippen molar-refractivity contribution in [2.24, 2.45) is 0 Å². The smallest absolute Gasteiger partial charge is 0.192 e. The Bertz CT molecular complexity index is 598. The fourth-order valence-electron chi connectivity index (χ4n) is 1.99. The molecule has 1 aromatic carbocycles. The third kappa shape index (κ3) is 3.63. The maximum atomic E-state index is 6.38. The molecule has 0 aliphatic carbocycles. The van der Waals surface area contributed by atoms with E-state index in [2.05, 4.69) is 69.2 Å². The van der Waals surface area contributed by atoms with Crippen molar-refractivity contribution in [1.29, 1.82) is 0 Å². The molecule has 0 saturated carbocycles. The van der Waals surface area contributed by atoms with Crippen molar-refractivity contribution < 1.29 is 4.43 Å². The van der Waals surface area contributed by atoms with E-state index in [1.807, 2.05) is 6.07 Å². The number of aryl methyl sites for hydroxylation is 1. The lowest BCUT2D eigenvalue weighted by Gasteiger charge is -2.36. The first-order valence-electron chi connectivity index (χ1n) is 7.44. The lowest BCUT2D eigenvalue weighted by molar-refractivity contribution is 0.277. The number of hydrogen-bond acceptors (Lipinski definition) is 2. The molecule has 2 rings (SSSR count). The van der Waals surface area contributed by atoms with Crippen LogP contribution in [0.5, 0.6) is 0 Å². The molecule has 1 aromatic heterocycles. The van der Waals surface area contributed by atoms with Crippen LogP contribution in [0.1, 0.15) is 31.9 Å². The minimum Gasteiger partial charge on any atom is -0.413 e. The molecular weight excluding hydrogens is 276 g/mol. The molecule has 0 saturated heterocycles. The molecule has 4 heteroatoms. The molecule has 114 valence electrons. The third-order valence-electron chi connectivity index (χ3n) is 4.45. The lowest BCUT2D eigenvalue weighted by atomic mass is 10.0. The van der Waals surface area contributed by atoms with Gasteiger partial charge in [-0.2, -0.15) is 5.10 Å². The van der Waals surface area contributed by atoms with Crippen molar-refractivity contribution in [3.05, 3.63) is 41.6 Å². The SMILES string of the molecule is Cc1ccc(-c2ccn[nH]2)c(CO[Si](C)(C)C(C)(C)C)c1. The summed E-state index contributed by atoms with van der Waals surface area (Å²) in [6.45, 7) is 14.2. The number of aromatic amines is 1.